The Hall–Kier alpha value is -0.870. The topological polar surface area (TPSA) is 50.4 Å². The van der Waals surface area contributed by atoms with Gasteiger partial charge in [0.1, 0.15) is 0 Å². The first-order chi connectivity index (χ1) is 8.12. The van der Waals surface area contributed by atoms with Gasteiger partial charge in [-0.25, -0.2) is 8.78 Å². The predicted molar refractivity (Wildman–Crippen MR) is 64.2 cm³/mol. The fourth-order valence-corrected chi connectivity index (χ4v) is 2.35. The molecule has 2 saturated carbocycles. The van der Waals surface area contributed by atoms with Gasteiger partial charge in [0.2, 0.25) is 6.43 Å². The number of hydrogen-bond acceptors (Lipinski definition) is 1. The van der Waals surface area contributed by atoms with Gasteiger partial charge in [-0.05, 0) is 25.7 Å². The van der Waals surface area contributed by atoms with E-state index in [1.54, 1.807) is 0 Å². The van der Waals surface area contributed by atoms with Crippen molar-refractivity contribution in [1.29, 1.82) is 0 Å². The molecule has 0 spiro atoms. The molecule has 98 valence electrons. The summed E-state index contributed by atoms with van der Waals surface area (Å²) >= 11 is 0. The van der Waals surface area contributed by atoms with Crippen LogP contribution >= 0.6 is 0 Å². The molecule has 0 radical (unpaired) electrons. The van der Waals surface area contributed by atoms with E-state index in [0.717, 1.165) is 12.8 Å². The molecule has 0 aromatic carbocycles. The fourth-order valence-electron chi connectivity index (χ4n) is 2.35. The van der Waals surface area contributed by atoms with Gasteiger partial charge in [0.05, 0.1) is 12.0 Å². The zero-order chi connectivity index (χ0) is 12.3. The van der Waals surface area contributed by atoms with Crippen LogP contribution in [0.5, 0.6) is 0 Å². The van der Waals surface area contributed by atoms with Crippen LogP contribution in [0.25, 0.3) is 0 Å². The van der Waals surface area contributed by atoms with Gasteiger partial charge in [0.25, 0.3) is 0 Å². The Balaban J connectivity index is 1.77. The largest absolute Gasteiger partial charge is 0.370 e. The van der Waals surface area contributed by atoms with Crippen LogP contribution in [0.3, 0.4) is 0 Å². The molecule has 0 aromatic rings. The fraction of sp³-hybridized carbons (Fsp3) is 0.917. The van der Waals surface area contributed by atoms with Gasteiger partial charge in [-0.3, -0.25) is 4.99 Å². The highest BCUT2D eigenvalue weighted by molar-refractivity contribution is 5.78. The second-order valence-electron chi connectivity index (χ2n) is 5.34. The molecule has 17 heavy (non-hydrogen) atoms. The van der Waals surface area contributed by atoms with Gasteiger partial charge >= 0.3 is 0 Å². The van der Waals surface area contributed by atoms with Crippen molar-refractivity contribution in [1.82, 2.24) is 5.32 Å². The molecule has 0 heterocycles. The monoisotopic (exact) mass is 245 g/mol. The summed E-state index contributed by atoms with van der Waals surface area (Å²) in [5.41, 5.74) is 4.87. The van der Waals surface area contributed by atoms with E-state index in [-0.39, 0.29) is 6.54 Å². The standard InChI is InChI=1S/C12H21F2N3/c13-10(14)12(6-7-12)8-16-11(15)17-9-4-2-1-3-5-9/h9-10H,1-8H2,(H3,15,16,17). The van der Waals surface area contributed by atoms with Crippen LogP contribution in [0.1, 0.15) is 44.9 Å². The Kier molecular flexibility index (Phi) is 3.84. The smallest absolute Gasteiger partial charge is 0.245 e. The van der Waals surface area contributed by atoms with E-state index in [4.69, 9.17) is 5.73 Å². The number of aliphatic imine (C=N–C) groups is 1. The molecule has 5 heteroatoms. The highest BCUT2D eigenvalue weighted by Crippen LogP contribution is 2.50. The number of hydrogen-bond donors (Lipinski definition) is 2. The van der Waals surface area contributed by atoms with Crippen LogP contribution in [0.15, 0.2) is 4.99 Å². The predicted octanol–water partition coefficient (Wildman–Crippen LogP) is 2.27. The minimum Gasteiger partial charge on any atom is -0.370 e. The molecule has 2 aliphatic carbocycles. The van der Waals surface area contributed by atoms with Gasteiger partial charge in [-0.15, -0.1) is 0 Å². The number of alkyl halides is 2. The third-order valence-corrected chi connectivity index (χ3v) is 3.88. The summed E-state index contributed by atoms with van der Waals surface area (Å²) in [6, 6.07) is 0.384. The molecule has 0 atom stereocenters. The zero-order valence-corrected chi connectivity index (χ0v) is 10.1. The molecule has 2 rings (SSSR count). The third kappa shape index (κ3) is 3.30. The van der Waals surface area contributed by atoms with Gasteiger partial charge in [-0.2, -0.15) is 0 Å². The number of nitrogens with one attached hydrogen (secondary N) is 1. The molecule has 2 fully saturated rings. The van der Waals surface area contributed by atoms with Crippen LogP contribution in [-0.2, 0) is 0 Å². The van der Waals surface area contributed by atoms with E-state index < -0.39 is 11.8 Å². The maximum atomic E-state index is 12.7. The van der Waals surface area contributed by atoms with Gasteiger partial charge in [-0.1, -0.05) is 19.3 Å². The minimum atomic E-state index is -2.27. The molecular formula is C12H21F2N3. The van der Waals surface area contributed by atoms with Crippen molar-refractivity contribution >= 4 is 5.96 Å². The Labute approximate surface area is 101 Å². The molecule has 0 aromatic heterocycles. The van der Waals surface area contributed by atoms with Crippen molar-refractivity contribution in [3.63, 3.8) is 0 Å². The second kappa shape index (κ2) is 5.19. The van der Waals surface area contributed by atoms with E-state index in [9.17, 15) is 8.78 Å². The average Bonchev–Trinajstić information content (AvgIpc) is 3.09. The van der Waals surface area contributed by atoms with Crippen molar-refractivity contribution in [3.8, 4) is 0 Å². The quantitative estimate of drug-likeness (QED) is 0.589. The van der Waals surface area contributed by atoms with Crippen molar-refractivity contribution < 1.29 is 8.78 Å². The first-order valence-corrected chi connectivity index (χ1v) is 6.47. The van der Waals surface area contributed by atoms with Gasteiger partial charge < -0.3 is 11.1 Å². The van der Waals surface area contributed by atoms with E-state index in [1.807, 2.05) is 0 Å². The lowest BCUT2D eigenvalue weighted by Gasteiger charge is -2.23. The highest BCUT2D eigenvalue weighted by Gasteiger charge is 2.50. The maximum absolute atomic E-state index is 12.7. The van der Waals surface area contributed by atoms with Crippen molar-refractivity contribution in [3.05, 3.63) is 0 Å². The first-order valence-electron chi connectivity index (χ1n) is 6.47. The third-order valence-electron chi connectivity index (χ3n) is 3.88. The highest BCUT2D eigenvalue weighted by atomic mass is 19.3. The normalized spacial score (nSPS) is 25.0. The molecule has 3 N–H and O–H groups in total. The van der Waals surface area contributed by atoms with Gasteiger partial charge in [0, 0.05) is 6.04 Å². The molecule has 0 saturated heterocycles. The molecule has 2 aliphatic rings. The lowest BCUT2D eigenvalue weighted by Crippen LogP contribution is -2.41. The van der Waals surface area contributed by atoms with Crippen LogP contribution in [0, 0.1) is 5.41 Å². The lowest BCUT2D eigenvalue weighted by atomic mass is 9.96. The van der Waals surface area contributed by atoms with Gasteiger partial charge in [0.15, 0.2) is 5.96 Å². The maximum Gasteiger partial charge on any atom is 0.245 e. The summed E-state index contributed by atoms with van der Waals surface area (Å²) in [5.74, 6) is 0.337. The Bertz CT molecular complexity index is 281. The first kappa shape index (κ1) is 12.6. The number of guanidine groups is 1. The number of nitrogens with two attached hydrogens (primary N) is 1. The summed E-state index contributed by atoms with van der Waals surface area (Å²) in [7, 11) is 0. The lowest BCUT2D eigenvalue weighted by molar-refractivity contribution is 0.0667. The summed E-state index contributed by atoms with van der Waals surface area (Å²) in [6.45, 7) is 0.163. The Morgan fingerprint density at radius 3 is 2.47 bits per heavy atom. The second-order valence-corrected chi connectivity index (χ2v) is 5.34. The molecule has 3 nitrogen and oxygen atoms in total. The van der Waals surface area contributed by atoms with Crippen molar-refractivity contribution in [2.45, 2.75) is 57.4 Å². The van der Waals surface area contributed by atoms with Crippen LogP contribution in [0.4, 0.5) is 8.78 Å². The molecule has 0 amide bonds. The molecule has 0 bridgehead atoms. The van der Waals surface area contributed by atoms with Crippen LogP contribution in [0.2, 0.25) is 0 Å². The number of rotatable bonds is 4. The zero-order valence-electron chi connectivity index (χ0n) is 10.1. The Morgan fingerprint density at radius 2 is 1.94 bits per heavy atom. The molecule has 0 unspecified atom stereocenters. The number of nitrogens with zero attached hydrogens (tertiary/aromatic N) is 1. The Morgan fingerprint density at radius 1 is 1.29 bits per heavy atom. The molecular weight excluding hydrogens is 224 g/mol. The number of halogens is 2. The van der Waals surface area contributed by atoms with Crippen molar-refractivity contribution in [2.24, 2.45) is 16.1 Å². The SMILES string of the molecule is NC(=NCC1(C(F)F)CC1)NC1CCCCC1. The van der Waals surface area contributed by atoms with Crippen LogP contribution < -0.4 is 11.1 Å². The molecule has 0 aliphatic heterocycles. The average molecular weight is 245 g/mol. The summed E-state index contributed by atoms with van der Waals surface area (Å²) in [6.07, 6.45) is 4.80. The van der Waals surface area contributed by atoms with E-state index >= 15 is 0 Å². The summed E-state index contributed by atoms with van der Waals surface area (Å²) in [4.78, 5) is 4.08. The van der Waals surface area contributed by atoms with Crippen molar-refractivity contribution in [2.75, 3.05) is 6.54 Å². The van der Waals surface area contributed by atoms with E-state index in [1.165, 1.54) is 19.3 Å². The van der Waals surface area contributed by atoms with E-state index in [0.29, 0.717) is 24.8 Å². The summed E-state index contributed by atoms with van der Waals surface area (Å²) in [5, 5.41) is 3.14. The van der Waals surface area contributed by atoms with Crippen LogP contribution in [-0.4, -0.2) is 25.0 Å². The summed E-state index contributed by atoms with van der Waals surface area (Å²) < 4.78 is 25.3. The van der Waals surface area contributed by atoms with E-state index in [2.05, 4.69) is 10.3 Å². The minimum absolute atomic E-state index is 0.163.